The minimum atomic E-state index is -2.10. The number of hydrogen-bond donors (Lipinski definition) is 1. The van der Waals surface area contributed by atoms with Crippen molar-refractivity contribution in [2.45, 2.75) is 45.4 Å². The summed E-state index contributed by atoms with van der Waals surface area (Å²) in [5, 5.41) is 2.69. The van der Waals surface area contributed by atoms with Gasteiger partial charge in [0.25, 0.3) is 11.8 Å². The van der Waals surface area contributed by atoms with Crippen molar-refractivity contribution in [1.82, 2.24) is 4.90 Å². The minimum absolute atomic E-state index is 0.0853. The molecule has 1 unspecified atom stereocenters. The molecule has 1 aromatic carbocycles. The molecule has 1 heterocycles. The highest BCUT2D eigenvalue weighted by molar-refractivity contribution is 6.31. The van der Waals surface area contributed by atoms with E-state index in [1.807, 2.05) is 6.11 Å². The van der Waals surface area contributed by atoms with Gasteiger partial charge in [-0.3, -0.25) is 9.59 Å². The molecule has 194 valence electrons. The van der Waals surface area contributed by atoms with E-state index in [4.69, 9.17) is 32.2 Å². The van der Waals surface area contributed by atoms with Crippen molar-refractivity contribution >= 4 is 41.2 Å². The number of ether oxygens (including phenoxy) is 3. The number of carbonyl (C=O) groups is 4. The van der Waals surface area contributed by atoms with Gasteiger partial charge in [0.1, 0.15) is 11.9 Å². The Kier molecular flexibility index (Phi) is 10.5. The van der Waals surface area contributed by atoms with Crippen LogP contribution in [-0.2, 0) is 23.9 Å². The smallest absolute Gasteiger partial charge is 0.418 e. The molecule has 0 saturated carbocycles. The van der Waals surface area contributed by atoms with Gasteiger partial charge in [0.05, 0.1) is 11.8 Å². The highest BCUT2D eigenvalue weighted by Crippen LogP contribution is 2.31. The molecular weight excluding hydrogens is 524 g/mol. The molecule has 2 rings (SSSR count). The number of hydrogen-bond acceptors (Lipinski definition) is 7. The van der Waals surface area contributed by atoms with Crippen molar-refractivity contribution in [3.8, 4) is 77.5 Å². The predicted octanol–water partition coefficient (Wildman–Crippen LogP) is 2.34. The Labute approximate surface area is 230 Å². The third-order valence-corrected chi connectivity index (χ3v) is 4.57. The van der Waals surface area contributed by atoms with Gasteiger partial charge in [0.15, 0.2) is 5.60 Å². The van der Waals surface area contributed by atoms with E-state index >= 15 is 0 Å². The zero-order chi connectivity index (χ0) is 29.0. The molecule has 3 amide bonds. The van der Waals surface area contributed by atoms with Crippen LogP contribution in [0.4, 0.5) is 10.5 Å². The van der Waals surface area contributed by atoms with Gasteiger partial charge in [0, 0.05) is 34.6 Å². The summed E-state index contributed by atoms with van der Waals surface area (Å²) in [6.07, 6.45) is 5.44. The quantitative estimate of drug-likeness (QED) is 0.334. The fraction of sp³-hybridized carbons (Fsp3) is 0.241. The lowest BCUT2D eigenvalue weighted by Gasteiger charge is -2.22. The predicted molar refractivity (Wildman–Crippen MR) is 141 cm³/mol. The highest BCUT2D eigenvalue weighted by atomic mass is 35.5. The standard InChI is InChI=1S/C29H19ClN2O7/c1-6-7-8-9-10-11-12-13-14-15-18-37-26(34)24(32-27(35)29(4,5)39-28(32)36)25(33)31-22-19-21(30)16-17-23(22)38-20(2)3/h1,16-17,19-20,24H,2-5H3,(H,31,33). The third kappa shape index (κ3) is 8.57. The topological polar surface area (TPSA) is 111 Å². The number of benzene rings is 1. The number of anilines is 1. The van der Waals surface area contributed by atoms with Crippen molar-refractivity contribution in [1.29, 1.82) is 0 Å². The molecule has 0 bridgehead atoms. The molecule has 0 radical (unpaired) electrons. The first kappa shape index (κ1) is 29.8. The Hall–Kier alpha value is -5.45. The van der Waals surface area contributed by atoms with Crippen LogP contribution in [0.3, 0.4) is 0 Å². The largest absolute Gasteiger partial charge is 0.489 e. The van der Waals surface area contributed by atoms with E-state index in [1.54, 1.807) is 13.8 Å². The Morgan fingerprint density at radius 2 is 1.62 bits per heavy atom. The van der Waals surface area contributed by atoms with Crippen molar-refractivity contribution < 1.29 is 33.4 Å². The number of imide groups is 1. The SMILES string of the molecule is C#CC#CC#CC#CC#CC#COC(=O)C(C(=O)Nc1cc(Cl)ccc1OC(C)C)N1C(=O)OC(C)(C)C1=O. The van der Waals surface area contributed by atoms with Gasteiger partial charge in [-0.1, -0.05) is 11.6 Å². The number of nitrogens with one attached hydrogen (secondary N) is 1. The molecule has 1 aliphatic rings. The molecular formula is C29H19ClN2O7. The summed E-state index contributed by atoms with van der Waals surface area (Å²) in [6, 6.07) is 2.31. The van der Waals surface area contributed by atoms with Crippen molar-refractivity contribution in [2.75, 3.05) is 5.32 Å². The van der Waals surface area contributed by atoms with E-state index in [9.17, 15) is 19.2 Å². The zero-order valence-electron chi connectivity index (χ0n) is 21.1. The fourth-order valence-electron chi connectivity index (χ4n) is 2.81. The maximum Gasteiger partial charge on any atom is 0.418 e. The van der Waals surface area contributed by atoms with Gasteiger partial charge in [-0.25, -0.2) is 14.5 Å². The second-order valence-corrected chi connectivity index (χ2v) is 8.48. The second-order valence-electron chi connectivity index (χ2n) is 8.04. The van der Waals surface area contributed by atoms with E-state index < -0.39 is 35.5 Å². The Morgan fingerprint density at radius 3 is 2.15 bits per heavy atom. The van der Waals surface area contributed by atoms with Gasteiger partial charge in [0.2, 0.25) is 6.04 Å². The summed E-state index contributed by atoms with van der Waals surface area (Å²) in [7, 11) is 0. The maximum absolute atomic E-state index is 13.3. The molecule has 0 aliphatic carbocycles. The van der Waals surface area contributed by atoms with Gasteiger partial charge in [-0.15, -0.1) is 6.42 Å². The van der Waals surface area contributed by atoms with Crippen LogP contribution >= 0.6 is 11.6 Å². The number of terminal acetylenes is 1. The van der Waals surface area contributed by atoms with Crippen molar-refractivity contribution in [3.63, 3.8) is 0 Å². The minimum Gasteiger partial charge on any atom is -0.489 e. The van der Waals surface area contributed by atoms with Crippen LogP contribution in [0.25, 0.3) is 0 Å². The summed E-state index contributed by atoms with van der Waals surface area (Å²) >= 11 is 6.05. The maximum atomic E-state index is 13.3. The summed E-state index contributed by atoms with van der Waals surface area (Å²) in [6.45, 7) is 6.14. The van der Waals surface area contributed by atoms with E-state index in [0.29, 0.717) is 4.90 Å². The molecule has 0 spiro atoms. The van der Waals surface area contributed by atoms with Gasteiger partial charge < -0.3 is 19.5 Å². The summed E-state index contributed by atoms with van der Waals surface area (Å²) in [5.41, 5.74) is -1.54. The molecule has 1 aliphatic heterocycles. The molecule has 1 fully saturated rings. The molecule has 1 aromatic rings. The van der Waals surface area contributed by atoms with Crippen LogP contribution in [0, 0.1) is 71.7 Å². The van der Waals surface area contributed by atoms with E-state index in [1.165, 1.54) is 32.0 Å². The monoisotopic (exact) mass is 542 g/mol. The van der Waals surface area contributed by atoms with Gasteiger partial charge in [-0.05, 0) is 75.5 Å². The molecule has 0 aromatic heterocycles. The molecule has 39 heavy (non-hydrogen) atoms. The van der Waals surface area contributed by atoms with Crippen molar-refractivity contribution in [3.05, 3.63) is 23.2 Å². The van der Waals surface area contributed by atoms with E-state index in [2.05, 4.69) is 64.5 Å². The van der Waals surface area contributed by atoms with Crippen LogP contribution in [0.15, 0.2) is 18.2 Å². The lowest BCUT2D eigenvalue weighted by atomic mass is 10.1. The zero-order valence-corrected chi connectivity index (χ0v) is 21.9. The average Bonchev–Trinajstić information content (AvgIpc) is 3.05. The number of rotatable bonds is 6. The number of nitrogens with zero attached hydrogens (tertiary/aromatic N) is 1. The first-order valence-electron chi connectivity index (χ1n) is 11.0. The van der Waals surface area contributed by atoms with Gasteiger partial charge in [-0.2, -0.15) is 0 Å². The van der Waals surface area contributed by atoms with Crippen LogP contribution in [0.5, 0.6) is 5.75 Å². The molecule has 10 heteroatoms. The number of halogens is 1. The first-order valence-corrected chi connectivity index (χ1v) is 11.4. The number of amides is 3. The average molecular weight is 543 g/mol. The van der Waals surface area contributed by atoms with Crippen LogP contribution in [0.2, 0.25) is 5.02 Å². The molecule has 1 saturated heterocycles. The lowest BCUT2D eigenvalue weighted by Crippen LogP contribution is -2.53. The van der Waals surface area contributed by atoms with E-state index in [0.717, 1.165) is 0 Å². The van der Waals surface area contributed by atoms with Crippen LogP contribution in [-0.4, -0.2) is 46.5 Å². The first-order chi connectivity index (χ1) is 18.5. The number of esters is 1. The summed E-state index contributed by atoms with van der Waals surface area (Å²) in [5.74, 6) is 19.9. The van der Waals surface area contributed by atoms with E-state index in [-0.39, 0.29) is 22.6 Å². The second kappa shape index (κ2) is 13.7. The molecule has 9 nitrogen and oxygen atoms in total. The summed E-state index contributed by atoms with van der Waals surface area (Å²) in [4.78, 5) is 51.8. The van der Waals surface area contributed by atoms with Gasteiger partial charge >= 0.3 is 12.1 Å². The van der Waals surface area contributed by atoms with Crippen LogP contribution in [0.1, 0.15) is 27.7 Å². The lowest BCUT2D eigenvalue weighted by molar-refractivity contribution is -0.151. The number of carbonyl (C=O) groups excluding carboxylic acids is 4. The molecule has 1 N–H and O–H groups in total. The Bertz CT molecular complexity index is 1560. The van der Waals surface area contributed by atoms with Crippen molar-refractivity contribution in [2.24, 2.45) is 0 Å². The third-order valence-electron chi connectivity index (χ3n) is 4.34. The Morgan fingerprint density at radius 1 is 1.03 bits per heavy atom. The number of cyclic esters (lactones) is 1. The molecule has 1 atom stereocenters. The summed E-state index contributed by atoms with van der Waals surface area (Å²) < 4.78 is 15.5. The normalized spacial score (nSPS) is 13.0. The highest BCUT2D eigenvalue weighted by Gasteiger charge is 2.54. The Balaban J connectivity index is 2.31. The van der Waals surface area contributed by atoms with Crippen LogP contribution < -0.4 is 10.1 Å². The fourth-order valence-corrected chi connectivity index (χ4v) is 2.98.